The second-order valence-electron chi connectivity index (χ2n) is 3.21. The van der Waals surface area contributed by atoms with Crippen molar-refractivity contribution >= 4 is 0 Å². The van der Waals surface area contributed by atoms with Crippen LogP contribution in [0.3, 0.4) is 0 Å². The van der Waals surface area contributed by atoms with Crippen molar-refractivity contribution in [3.05, 3.63) is 30.1 Å². The predicted octanol–water partition coefficient (Wildman–Crippen LogP) is 1.93. The Hall–Kier alpha value is -0.920. The Morgan fingerprint density at radius 2 is 2.25 bits per heavy atom. The molecule has 0 bridgehead atoms. The normalized spacial score (nSPS) is 17.5. The van der Waals surface area contributed by atoms with E-state index in [1.54, 1.807) is 0 Å². The summed E-state index contributed by atoms with van der Waals surface area (Å²) in [6, 6.07) is 1.76. The largest absolute Gasteiger partial charge is 0.384 e. The minimum absolute atomic E-state index is 0.492. The molecule has 2 N–H and O–H groups in total. The van der Waals surface area contributed by atoms with Crippen molar-refractivity contribution in [3.63, 3.8) is 0 Å². The lowest BCUT2D eigenvalue weighted by atomic mass is 10.1. The molecule has 1 rings (SSSR count). The summed E-state index contributed by atoms with van der Waals surface area (Å²) in [5, 5.41) is 6.62. The molecule has 0 aromatic carbocycles. The quantitative estimate of drug-likeness (QED) is 0.667. The topological polar surface area (TPSA) is 24.1 Å². The summed E-state index contributed by atoms with van der Waals surface area (Å²) >= 11 is 0. The minimum Gasteiger partial charge on any atom is -0.384 e. The fourth-order valence-corrected chi connectivity index (χ4v) is 1.21. The van der Waals surface area contributed by atoms with Gasteiger partial charge >= 0.3 is 0 Å². The minimum atomic E-state index is 0.492. The maximum absolute atomic E-state index is 3.39. The molecule has 0 aromatic heterocycles. The fourth-order valence-electron chi connectivity index (χ4n) is 1.21. The first kappa shape index (κ1) is 9.17. The van der Waals surface area contributed by atoms with Gasteiger partial charge in [-0.05, 0) is 38.6 Å². The Balaban J connectivity index is 2.57. The first-order valence-electron chi connectivity index (χ1n) is 4.50. The van der Waals surface area contributed by atoms with Gasteiger partial charge in [0.2, 0.25) is 0 Å². The molecule has 0 saturated carbocycles. The van der Waals surface area contributed by atoms with Crippen LogP contribution in [0.2, 0.25) is 0 Å². The maximum Gasteiger partial charge on any atom is 0.105 e. The Morgan fingerprint density at radius 3 is 2.83 bits per heavy atom. The van der Waals surface area contributed by atoms with Gasteiger partial charge in [0.15, 0.2) is 0 Å². The molecule has 0 atom stereocenters. The fraction of sp³-hybridized carbons (Fsp3) is 0.500. The van der Waals surface area contributed by atoms with Crippen LogP contribution in [0.15, 0.2) is 24.0 Å². The molecule has 0 saturated heterocycles. The Kier molecular flexibility index (Phi) is 3.20. The molecule has 1 heterocycles. The Bertz CT molecular complexity index is 192. The van der Waals surface area contributed by atoms with E-state index < -0.39 is 0 Å². The van der Waals surface area contributed by atoms with E-state index in [0.717, 1.165) is 6.42 Å². The van der Waals surface area contributed by atoms with Crippen LogP contribution in [-0.2, 0) is 0 Å². The number of allylic oxidation sites excluding steroid dienone is 2. The second-order valence-corrected chi connectivity index (χ2v) is 3.21. The first-order valence-corrected chi connectivity index (χ1v) is 4.50. The van der Waals surface area contributed by atoms with Crippen molar-refractivity contribution in [2.24, 2.45) is 0 Å². The van der Waals surface area contributed by atoms with Gasteiger partial charge in [0.1, 0.15) is 6.04 Å². The highest BCUT2D eigenvalue weighted by Crippen LogP contribution is 2.15. The summed E-state index contributed by atoms with van der Waals surface area (Å²) in [7, 11) is 0. The van der Waals surface area contributed by atoms with Gasteiger partial charge in [-0.3, -0.25) is 0 Å². The van der Waals surface area contributed by atoms with Gasteiger partial charge in [-0.15, -0.1) is 0 Å². The average molecular weight is 165 g/mol. The molecule has 0 aliphatic carbocycles. The standard InChI is InChI=1S/C10H17N2/c1-4-9-10(12-8(2)3)6-5-7-11-9/h5-8,11-12H,4H2,1-3H3. The highest BCUT2D eigenvalue weighted by Gasteiger charge is 2.13. The zero-order valence-corrected chi connectivity index (χ0v) is 8.02. The van der Waals surface area contributed by atoms with E-state index in [9.17, 15) is 0 Å². The summed E-state index contributed by atoms with van der Waals surface area (Å²) < 4.78 is 0. The third-order valence-corrected chi connectivity index (χ3v) is 1.74. The zero-order chi connectivity index (χ0) is 8.97. The predicted molar refractivity (Wildman–Crippen MR) is 52.2 cm³/mol. The van der Waals surface area contributed by atoms with Crippen molar-refractivity contribution in [1.82, 2.24) is 10.6 Å². The highest BCUT2D eigenvalue weighted by molar-refractivity contribution is 5.30. The molecular formula is C10H17N2. The van der Waals surface area contributed by atoms with Gasteiger partial charge in [0, 0.05) is 11.7 Å². The lowest BCUT2D eigenvalue weighted by Crippen LogP contribution is -2.32. The number of nitrogens with one attached hydrogen (secondary N) is 2. The van der Waals surface area contributed by atoms with Crippen molar-refractivity contribution in [3.8, 4) is 0 Å². The van der Waals surface area contributed by atoms with Crippen molar-refractivity contribution in [2.75, 3.05) is 0 Å². The second kappa shape index (κ2) is 4.19. The smallest absolute Gasteiger partial charge is 0.105 e. The van der Waals surface area contributed by atoms with Crippen LogP contribution in [0, 0.1) is 6.04 Å². The lowest BCUT2D eigenvalue weighted by Gasteiger charge is -2.24. The van der Waals surface area contributed by atoms with Gasteiger partial charge < -0.3 is 10.6 Å². The molecule has 0 spiro atoms. The van der Waals surface area contributed by atoms with Gasteiger partial charge in [-0.25, -0.2) is 0 Å². The molecular weight excluding hydrogens is 148 g/mol. The van der Waals surface area contributed by atoms with Gasteiger partial charge in [-0.2, -0.15) is 0 Å². The van der Waals surface area contributed by atoms with E-state index in [4.69, 9.17) is 0 Å². The monoisotopic (exact) mass is 165 g/mol. The number of hydrogen-bond acceptors (Lipinski definition) is 2. The van der Waals surface area contributed by atoms with Crippen molar-refractivity contribution in [1.29, 1.82) is 0 Å². The Labute approximate surface area is 74.7 Å². The third kappa shape index (κ3) is 2.29. The number of hydrogen-bond donors (Lipinski definition) is 2. The molecule has 1 aliphatic rings. The van der Waals surface area contributed by atoms with Crippen LogP contribution in [0.25, 0.3) is 0 Å². The van der Waals surface area contributed by atoms with Gasteiger partial charge in [0.05, 0.1) is 0 Å². The lowest BCUT2D eigenvalue weighted by molar-refractivity contribution is 0.623. The van der Waals surface area contributed by atoms with E-state index in [1.165, 1.54) is 11.7 Å². The average Bonchev–Trinajstić information content (AvgIpc) is 2.04. The van der Waals surface area contributed by atoms with Crippen LogP contribution in [0.4, 0.5) is 0 Å². The van der Waals surface area contributed by atoms with Crippen LogP contribution >= 0.6 is 0 Å². The first-order chi connectivity index (χ1) is 5.74. The van der Waals surface area contributed by atoms with Crippen LogP contribution in [0.1, 0.15) is 27.2 Å². The summed E-state index contributed by atoms with van der Waals surface area (Å²) in [6.45, 7) is 6.44. The highest BCUT2D eigenvalue weighted by atomic mass is 15.0. The molecule has 12 heavy (non-hydrogen) atoms. The molecule has 0 aromatic rings. The van der Waals surface area contributed by atoms with E-state index in [1.807, 2.05) is 12.3 Å². The van der Waals surface area contributed by atoms with Crippen molar-refractivity contribution in [2.45, 2.75) is 33.2 Å². The summed E-state index contributed by atoms with van der Waals surface area (Å²) in [5.74, 6) is 0. The molecule has 0 amide bonds. The Morgan fingerprint density at radius 1 is 1.50 bits per heavy atom. The van der Waals surface area contributed by atoms with Crippen LogP contribution in [0.5, 0.6) is 0 Å². The molecule has 2 nitrogen and oxygen atoms in total. The van der Waals surface area contributed by atoms with Crippen LogP contribution in [-0.4, -0.2) is 6.04 Å². The molecule has 0 fully saturated rings. The van der Waals surface area contributed by atoms with Crippen molar-refractivity contribution < 1.29 is 0 Å². The SMILES string of the molecule is CC[C]1NC=CC=C1NC(C)C. The number of rotatable bonds is 3. The summed E-state index contributed by atoms with van der Waals surface area (Å²) in [4.78, 5) is 0. The molecule has 1 aliphatic heterocycles. The molecule has 0 unspecified atom stereocenters. The maximum atomic E-state index is 3.39. The van der Waals surface area contributed by atoms with Crippen LogP contribution < -0.4 is 10.6 Å². The number of dihydropyridines is 1. The molecule has 2 heteroatoms. The van der Waals surface area contributed by atoms with E-state index in [0.29, 0.717) is 6.04 Å². The summed E-state index contributed by atoms with van der Waals surface area (Å²) in [5.41, 5.74) is 1.22. The van der Waals surface area contributed by atoms with E-state index in [-0.39, 0.29) is 0 Å². The van der Waals surface area contributed by atoms with E-state index >= 15 is 0 Å². The molecule has 1 radical (unpaired) electrons. The van der Waals surface area contributed by atoms with E-state index in [2.05, 4.69) is 37.5 Å². The van der Waals surface area contributed by atoms with Gasteiger partial charge in [-0.1, -0.05) is 6.92 Å². The van der Waals surface area contributed by atoms with Gasteiger partial charge in [0.25, 0.3) is 0 Å². The zero-order valence-electron chi connectivity index (χ0n) is 8.02. The summed E-state index contributed by atoms with van der Waals surface area (Å²) in [6.07, 6.45) is 7.12. The molecule has 67 valence electrons. The third-order valence-electron chi connectivity index (χ3n) is 1.74.